The van der Waals surface area contributed by atoms with Crippen LogP contribution in [0.25, 0.3) is 0 Å². The van der Waals surface area contributed by atoms with Crippen LogP contribution in [-0.2, 0) is 13.0 Å². The van der Waals surface area contributed by atoms with Crippen molar-refractivity contribution in [3.8, 4) is 0 Å². The molecule has 0 aliphatic carbocycles. The monoisotopic (exact) mass is 347 g/mol. The van der Waals surface area contributed by atoms with Gasteiger partial charge in [-0.15, -0.1) is 0 Å². The zero-order valence-electron chi connectivity index (χ0n) is 11.9. The Hall–Kier alpha value is -1.65. The molecule has 2 rings (SSSR count). The second-order valence-electron chi connectivity index (χ2n) is 4.96. The molecule has 110 valence electrons. The molecule has 0 saturated carbocycles. The molecule has 3 nitrogen and oxygen atoms in total. The third kappa shape index (κ3) is 4.41. The summed E-state index contributed by atoms with van der Waals surface area (Å²) in [6, 6.07) is 13.5. The van der Waals surface area contributed by atoms with Gasteiger partial charge in [0, 0.05) is 11.0 Å². The number of aromatic carboxylic acids is 1. The van der Waals surface area contributed by atoms with E-state index in [2.05, 4.69) is 46.4 Å². The number of halogens is 1. The van der Waals surface area contributed by atoms with E-state index in [0.717, 1.165) is 23.0 Å². The van der Waals surface area contributed by atoms with Gasteiger partial charge in [0.2, 0.25) is 0 Å². The van der Waals surface area contributed by atoms with Gasteiger partial charge >= 0.3 is 5.97 Å². The maximum absolute atomic E-state index is 10.9. The molecule has 0 unspecified atom stereocenters. The number of carbonyl (C=O) groups is 1. The van der Waals surface area contributed by atoms with Gasteiger partial charge in [0.15, 0.2) is 0 Å². The summed E-state index contributed by atoms with van der Waals surface area (Å²) in [6.45, 7) is 3.72. The highest BCUT2D eigenvalue weighted by Crippen LogP contribution is 2.18. The molecule has 0 bridgehead atoms. The quantitative estimate of drug-likeness (QED) is 0.781. The fourth-order valence-corrected chi connectivity index (χ4v) is 2.68. The molecule has 21 heavy (non-hydrogen) atoms. The van der Waals surface area contributed by atoms with Crippen LogP contribution in [0.2, 0.25) is 0 Å². The zero-order valence-corrected chi connectivity index (χ0v) is 13.5. The predicted molar refractivity (Wildman–Crippen MR) is 87.7 cm³/mol. The average molecular weight is 348 g/mol. The number of aryl methyl sites for hydroxylation is 1. The largest absolute Gasteiger partial charge is 0.478 e. The SMILES string of the molecule is Cc1ccccc1CCNCc1ccc(C(=O)O)cc1Br. The van der Waals surface area contributed by atoms with Gasteiger partial charge in [-0.1, -0.05) is 46.3 Å². The van der Waals surface area contributed by atoms with Crippen LogP contribution in [0.15, 0.2) is 46.9 Å². The van der Waals surface area contributed by atoms with Crippen molar-refractivity contribution in [2.45, 2.75) is 19.9 Å². The first-order valence-electron chi connectivity index (χ1n) is 6.85. The van der Waals surface area contributed by atoms with E-state index in [1.807, 2.05) is 12.1 Å². The first-order chi connectivity index (χ1) is 10.1. The molecule has 4 heteroatoms. The summed E-state index contributed by atoms with van der Waals surface area (Å²) in [5, 5.41) is 12.3. The Morgan fingerprint density at radius 2 is 1.95 bits per heavy atom. The maximum atomic E-state index is 10.9. The fourth-order valence-electron chi connectivity index (χ4n) is 2.16. The smallest absolute Gasteiger partial charge is 0.335 e. The molecule has 2 N–H and O–H groups in total. The Morgan fingerprint density at radius 3 is 2.62 bits per heavy atom. The van der Waals surface area contributed by atoms with Crippen LogP contribution in [0.5, 0.6) is 0 Å². The highest BCUT2D eigenvalue weighted by Gasteiger charge is 2.06. The molecule has 0 spiro atoms. The minimum absolute atomic E-state index is 0.297. The summed E-state index contributed by atoms with van der Waals surface area (Å²) >= 11 is 3.42. The lowest BCUT2D eigenvalue weighted by molar-refractivity contribution is 0.0697. The van der Waals surface area contributed by atoms with Crippen LogP contribution in [0.4, 0.5) is 0 Å². The van der Waals surface area contributed by atoms with Crippen molar-refractivity contribution >= 4 is 21.9 Å². The molecular weight excluding hydrogens is 330 g/mol. The van der Waals surface area contributed by atoms with E-state index in [9.17, 15) is 4.79 Å². The number of hydrogen-bond acceptors (Lipinski definition) is 2. The van der Waals surface area contributed by atoms with Gasteiger partial charge in [-0.2, -0.15) is 0 Å². The highest BCUT2D eigenvalue weighted by atomic mass is 79.9. The molecule has 2 aromatic rings. The minimum atomic E-state index is -0.908. The third-order valence-electron chi connectivity index (χ3n) is 3.45. The summed E-state index contributed by atoms with van der Waals surface area (Å²) in [5.41, 5.74) is 4.02. The Balaban J connectivity index is 1.87. The van der Waals surface area contributed by atoms with E-state index in [1.54, 1.807) is 12.1 Å². The summed E-state index contributed by atoms with van der Waals surface area (Å²) in [7, 11) is 0. The van der Waals surface area contributed by atoms with Crippen LogP contribution in [-0.4, -0.2) is 17.6 Å². The number of rotatable bonds is 6. The molecular formula is C17H18BrNO2. The molecule has 0 radical (unpaired) electrons. The van der Waals surface area contributed by atoms with Crippen molar-refractivity contribution in [3.63, 3.8) is 0 Å². The summed E-state index contributed by atoms with van der Waals surface area (Å²) in [4.78, 5) is 10.9. The molecule has 0 heterocycles. The molecule has 0 atom stereocenters. The summed E-state index contributed by atoms with van der Waals surface area (Å²) in [5.74, 6) is -0.908. The molecule has 0 aliphatic heterocycles. The summed E-state index contributed by atoms with van der Waals surface area (Å²) in [6.07, 6.45) is 0.984. The van der Waals surface area contributed by atoms with E-state index in [4.69, 9.17) is 5.11 Å². The molecule has 0 aliphatic rings. The van der Waals surface area contributed by atoms with E-state index in [1.165, 1.54) is 11.1 Å². The third-order valence-corrected chi connectivity index (χ3v) is 4.19. The van der Waals surface area contributed by atoms with Crippen molar-refractivity contribution in [1.29, 1.82) is 0 Å². The van der Waals surface area contributed by atoms with E-state index in [-0.39, 0.29) is 0 Å². The Morgan fingerprint density at radius 1 is 1.19 bits per heavy atom. The van der Waals surface area contributed by atoms with Gasteiger partial charge in [0.1, 0.15) is 0 Å². The van der Waals surface area contributed by atoms with Gasteiger partial charge in [-0.3, -0.25) is 0 Å². The number of carboxylic acid groups (broad SMARTS) is 1. The Bertz CT molecular complexity index is 640. The van der Waals surface area contributed by atoms with Gasteiger partial charge < -0.3 is 10.4 Å². The lowest BCUT2D eigenvalue weighted by atomic mass is 10.1. The maximum Gasteiger partial charge on any atom is 0.335 e. The first-order valence-corrected chi connectivity index (χ1v) is 7.64. The van der Waals surface area contributed by atoms with Gasteiger partial charge in [-0.05, 0) is 48.7 Å². The molecule has 0 aromatic heterocycles. The van der Waals surface area contributed by atoms with E-state index < -0.39 is 5.97 Å². The lowest BCUT2D eigenvalue weighted by Crippen LogP contribution is -2.17. The normalized spacial score (nSPS) is 10.6. The van der Waals surface area contributed by atoms with Crippen molar-refractivity contribution in [1.82, 2.24) is 5.32 Å². The van der Waals surface area contributed by atoms with Gasteiger partial charge in [0.05, 0.1) is 5.56 Å². The zero-order chi connectivity index (χ0) is 15.2. The highest BCUT2D eigenvalue weighted by molar-refractivity contribution is 9.10. The van der Waals surface area contributed by atoms with Crippen LogP contribution >= 0.6 is 15.9 Å². The van der Waals surface area contributed by atoms with E-state index in [0.29, 0.717) is 12.1 Å². The second-order valence-corrected chi connectivity index (χ2v) is 5.82. The van der Waals surface area contributed by atoms with Crippen LogP contribution in [0, 0.1) is 6.92 Å². The van der Waals surface area contributed by atoms with Crippen LogP contribution in [0.1, 0.15) is 27.0 Å². The van der Waals surface area contributed by atoms with Crippen molar-refractivity contribution in [2.75, 3.05) is 6.54 Å². The van der Waals surface area contributed by atoms with E-state index >= 15 is 0 Å². The van der Waals surface area contributed by atoms with Gasteiger partial charge in [-0.25, -0.2) is 4.79 Å². The Kier molecular flexibility index (Phi) is 5.53. The van der Waals surface area contributed by atoms with Crippen molar-refractivity contribution < 1.29 is 9.90 Å². The number of hydrogen-bond donors (Lipinski definition) is 2. The number of benzene rings is 2. The average Bonchev–Trinajstić information content (AvgIpc) is 2.46. The standard InChI is InChI=1S/C17H18BrNO2/c1-12-4-2-3-5-13(12)8-9-19-11-15-7-6-14(17(20)21)10-16(15)18/h2-7,10,19H,8-9,11H2,1H3,(H,20,21). The number of carboxylic acids is 1. The number of nitrogens with one attached hydrogen (secondary N) is 1. The fraction of sp³-hybridized carbons (Fsp3) is 0.235. The summed E-state index contributed by atoms with van der Waals surface area (Å²) < 4.78 is 0.825. The minimum Gasteiger partial charge on any atom is -0.478 e. The molecule has 0 amide bonds. The second kappa shape index (κ2) is 7.38. The van der Waals surface area contributed by atoms with Crippen LogP contribution in [0.3, 0.4) is 0 Å². The topological polar surface area (TPSA) is 49.3 Å². The molecule has 0 fully saturated rings. The first kappa shape index (κ1) is 15.7. The molecule has 2 aromatic carbocycles. The van der Waals surface area contributed by atoms with Crippen molar-refractivity contribution in [3.05, 3.63) is 69.2 Å². The lowest BCUT2D eigenvalue weighted by Gasteiger charge is -2.09. The van der Waals surface area contributed by atoms with Gasteiger partial charge in [0.25, 0.3) is 0 Å². The predicted octanol–water partition coefficient (Wildman–Crippen LogP) is 3.79. The van der Waals surface area contributed by atoms with Crippen LogP contribution < -0.4 is 5.32 Å². The molecule has 0 saturated heterocycles. The Labute approximate surface area is 133 Å². The van der Waals surface area contributed by atoms with Crippen molar-refractivity contribution in [2.24, 2.45) is 0 Å².